The SMILES string of the molecule is CCCCCCCN(C(=O)C(CC(N)=O)NC(=O)OC(C)(C)C)C(C(=O)NCc1ccccc1)c1c(C)cccc1C. The van der Waals surface area contributed by atoms with Gasteiger partial charge in [0.15, 0.2) is 0 Å². The van der Waals surface area contributed by atoms with Crippen molar-refractivity contribution in [3.63, 3.8) is 0 Å². The summed E-state index contributed by atoms with van der Waals surface area (Å²) in [6.07, 6.45) is 3.36. The van der Waals surface area contributed by atoms with E-state index in [0.717, 1.165) is 42.4 Å². The van der Waals surface area contributed by atoms with Crippen LogP contribution in [0.15, 0.2) is 48.5 Å². The molecule has 0 aliphatic rings. The van der Waals surface area contributed by atoms with Gasteiger partial charge in [-0.1, -0.05) is 81.1 Å². The summed E-state index contributed by atoms with van der Waals surface area (Å²) in [7, 11) is 0. The fourth-order valence-electron chi connectivity index (χ4n) is 4.87. The molecule has 2 rings (SSSR count). The number of nitrogens with one attached hydrogen (secondary N) is 2. The predicted molar refractivity (Wildman–Crippen MR) is 164 cm³/mol. The van der Waals surface area contributed by atoms with Crippen molar-refractivity contribution in [1.29, 1.82) is 0 Å². The molecule has 0 saturated carbocycles. The molecule has 9 nitrogen and oxygen atoms in total. The number of hydrogen-bond donors (Lipinski definition) is 3. The molecule has 9 heteroatoms. The van der Waals surface area contributed by atoms with Crippen molar-refractivity contribution in [2.24, 2.45) is 5.73 Å². The normalized spacial score (nSPS) is 12.6. The Morgan fingerprint density at radius 2 is 1.52 bits per heavy atom. The largest absolute Gasteiger partial charge is 0.444 e. The Balaban J connectivity index is 2.54. The molecule has 42 heavy (non-hydrogen) atoms. The van der Waals surface area contributed by atoms with E-state index >= 15 is 0 Å². The van der Waals surface area contributed by atoms with Crippen LogP contribution in [0.5, 0.6) is 0 Å². The lowest BCUT2D eigenvalue weighted by molar-refractivity contribution is -0.143. The molecule has 0 radical (unpaired) electrons. The van der Waals surface area contributed by atoms with E-state index in [4.69, 9.17) is 10.5 Å². The molecule has 0 aliphatic heterocycles. The van der Waals surface area contributed by atoms with Crippen LogP contribution < -0.4 is 16.4 Å². The van der Waals surface area contributed by atoms with E-state index in [0.29, 0.717) is 12.0 Å². The predicted octanol–water partition coefficient (Wildman–Crippen LogP) is 5.23. The third kappa shape index (κ3) is 11.2. The number of rotatable bonds is 15. The summed E-state index contributed by atoms with van der Waals surface area (Å²) < 4.78 is 5.37. The Kier molecular flexibility index (Phi) is 13.5. The molecule has 0 aliphatic carbocycles. The van der Waals surface area contributed by atoms with Gasteiger partial charge in [0.25, 0.3) is 0 Å². The first kappa shape index (κ1) is 34.3. The fraction of sp³-hybridized carbons (Fsp3) is 0.515. The summed E-state index contributed by atoms with van der Waals surface area (Å²) in [6.45, 7) is 11.6. The highest BCUT2D eigenvalue weighted by atomic mass is 16.6. The number of nitrogens with two attached hydrogens (primary N) is 1. The molecular weight excluding hydrogens is 532 g/mol. The van der Waals surface area contributed by atoms with Gasteiger partial charge in [-0.05, 0) is 63.3 Å². The van der Waals surface area contributed by atoms with Crippen LogP contribution in [-0.4, -0.2) is 46.9 Å². The van der Waals surface area contributed by atoms with Crippen LogP contribution in [0.25, 0.3) is 0 Å². The van der Waals surface area contributed by atoms with E-state index in [2.05, 4.69) is 17.6 Å². The molecule has 0 bridgehead atoms. The number of aryl methyl sites for hydroxylation is 2. The average Bonchev–Trinajstić information content (AvgIpc) is 2.90. The van der Waals surface area contributed by atoms with E-state index in [1.54, 1.807) is 20.8 Å². The van der Waals surface area contributed by atoms with Gasteiger partial charge >= 0.3 is 6.09 Å². The van der Waals surface area contributed by atoms with Gasteiger partial charge in [0.1, 0.15) is 17.7 Å². The molecule has 0 heterocycles. The van der Waals surface area contributed by atoms with E-state index in [-0.39, 0.29) is 19.0 Å². The van der Waals surface area contributed by atoms with Crippen molar-refractivity contribution in [1.82, 2.24) is 15.5 Å². The van der Waals surface area contributed by atoms with E-state index in [9.17, 15) is 19.2 Å². The number of benzene rings is 2. The minimum Gasteiger partial charge on any atom is -0.444 e. The number of amides is 4. The lowest BCUT2D eigenvalue weighted by Gasteiger charge is -2.35. The van der Waals surface area contributed by atoms with Gasteiger partial charge in [-0.2, -0.15) is 0 Å². The molecule has 0 saturated heterocycles. The summed E-state index contributed by atoms with van der Waals surface area (Å²) in [6, 6.07) is 12.9. The number of primary amides is 1. The third-order valence-electron chi connectivity index (χ3n) is 6.87. The molecule has 230 valence electrons. The van der Waals surface area contributed by atoms with Crippen LogP contribution in [-0.2, 0) is 25.7 Å². The molecule has 0 spiro atoms. The zero-order valence-corrected chi connectivity index (χ0v) is 26.0. The second-order valence-electron chi connectivity index (χ2n) is 11.7. The fourth-order valence-corrected chi connectivity index (χ4v) is 4.87. The van der Waals surface area contributed by atoms with E-state index < -0.39 is 42.0 Å². The molecule has 0 fully saturated rings. The Bertz CT molecular complexity index is 1170. The Morgan fingerprint density at radius 3 is 2.10 bits per heavy atom. The first-order valence-corrected chi connectivity index (χ1v) is 14.8. The number of carbonyl (C=O) groups excluding carboxylic acids is 4. The van der Waals surface area contributed by atoms with Gasteiger partial charge in [0.2, 0.25) is 17.7 Å². The molecule has 2 unspecified atom stereocenters. The number of carbonyl (C=O) groups is 4. The topological polar surface area (TPSA) is 131 Å². The molecule has 2 aromatic rings. The van der Waals surface area contributed by atoms with Crippen LogP contribution in [0.4, 0.5) is 4.79 Å². The lowest BCUT2D eigenvalue weighted by atomic mass is 9.93. The smallest absolute Gasteiger partial charge is 0.408 e. The number of hydrogen-bond acceptors (Lipinski definition) is 5. The highest BCUT2D eigenvalue weighted by molar-refractivity contribution is 5.94. The first-order valence-electron chi connectivity index (χ1n) is 14.8. The minimum absolute atomic E-state index is 0.255. The van der Waals surface area contributed by atoms with Crippen LogP contribution in [0, 0.1) is 13.8 Å². The van der Waals surface area contributed by atoms with Crippen molar-refractivity contribution in [2.75, 3.05) is 6.54 Å². The van der Waals surface area contributed by atoms with Gasteiger partial charge in [0, 0.05) is 13.1 Å². The van der Waals surface area contributed by atoms with Crippen LogP contribution in [0.1, 0.15) is 94.5 Å². The zero-order valence-electron chi connectivity index (χ0n) is 26.0. The second-order valence-corrected chi connectivity index (χ2v) is 11.7. The summed E-state index contributed by atoms with van der Waals surface area (Å²) in [5.41, 5.74) is 8.03. The molecule has 0 aromatic heterocycles. The maximum Gasteiger partial charge on any atom is 0.408 e. The molecule has 4 amide bonds. The van der Waals surface area contributed by atoms with Crippen LogP contribution >= 0.6 is 0 Å². The molecule has 2 atom stereocenters. The van der Waals surface area contributed by atoms with Crippen molar-refractivity contribution >= 4 is 23.8 Å². The monoisotopic (exact) mass is 580 g/mol. The molecule has 2 aromatic carbocycles. The number of ether oxygens (including phenoxy) is 1. The second kappa shape index (κ2) is 16.5. The summed E-state index contributed by atoms with van der Waals surface area (Å²) in [5, 5.41) is 5.56. The Labute approximate surface area is 250 Å². The quantitative estimate of drug-likeness (QED) is 0.248. The first-order chi connectivity index (χ1) is 19.8. The average molecular weight is 581 g/mol. The van der Waals surface area contributed by atoms with Gasteiger partial charge < -0.3 is 26.0 Å². The van der Waals surface area contributed by atoms with Crippen LogP contribution in [0.2, 0.25) is 0 Å². The maximum absolute atomic E-state index is 14.3. The Morgan fingerprint density at radius 1 is 0.905 bits per heavy atom. The van der Waals surface area contributed by atoms with Crippen LogP contribution in [0.3, 0.4) is 0 Å². The lowest BCUT2D eigenvalue weighted by Crippen LogP contribution is -2.54. The highest BCUT2D eigenvalue weighted by Crippen LogP contribution is 2.29. The number of alkyl carbamates (subject to hydrolysis) is 1. The molecule has 4 N–H and O–H groups in total. The van der Waals surface area contributed by atoms with Gasteiger partial charge in [0.05, 0.1) is 6.42 Å². The van der Waals surface area contributed by atoms with Crippen molar-refractivity contribution in [3.05, 3.63) is 70.8 Å². The van der Waals surface area contributed by atoms with Gasteiger partial charge in [-0.25, -0.2) is 4.79 Å². The number of unbranched alkanes of at least 4 members (excludes halogenated alkanes) is 4. The number of nitrogens with zero attached hydrogens (tertiary/aromatic N) is 1. The highest BCUT2D eigenvalue weighted by Gasteiger charge is 2.38. The summed E-state index contributed by atoms with van der Waals surface area (Å²) in [5.74, 6) is -1.68. The summed E-state index contributed by atoms with van der Waals surface area (Å²) >= 11 is 0. The third-order valence-corrected chi connectivity index (χ3v) is 6.87. The van der Waals surface area contributed by atoms with Crippen molar-refractivity contribution in [2.45, 2.75) is 104 Å². The van der Waals surface area contributed by atoms with Crippen molar-refractivity contribution in [3.8, 4) is 0 Å². The van der Waals surface area contributed by atoms with E-state index in [1.807, 2.05) is 62.4 Å². The molecular formula is C33H48N4O5. The maximum atomic E-state index is 14.3. The van der Waals surface area contributed by atoms with Gasteiger partial charge in [-0.3, -0.25) is 14.4 Å². The minimum atomic E-state index is -1.30. The summed E-state index contributed by atoms with van der Waals surface area (Å²) in [4.78, 5) is 54.6. The van der Waals surface area contributed by atoms with E-state index in [1.165, 1.54) is 4.90 Å². The standard InChI is InChI=1S/C33H48N4O5/c1-7-8-9-10-14-20-37(31(40)26(21-27(34)38)36-32(41)42-33(4,5)6)29(28-23(2)16-15-17-24(28)3)30(39)35-22-25-18-12-11-13-19-25/h11-13,15-19,26,29H,7-10,14,20-22H2,1-6H3,(H2,34,38)(H,35,39)(H,36,41). The van der Waals surface area contributed by atoms with Gasteiger partial charge in [-0.15, -0.1) is 0 Å². The Hall–Kier alpha value is -3.88. The van der Waals surface area contributed by atoms with Crippen molar-refractivity contribution < 1.29 is 23.9 Å². The zero-order chi connectivity index (χ0) is 31.3.